The van der Waals surface area contributed by atoms with E-state index < -0.39 is 0 Å². The monoisotopic (exact) mass is 269 g/mol. The molecule has 104 valence electrons. The van der Waals surface area contributed by atoms with Crippen LogP contribution >= 0.6 is 0 Å². The van der Waals surface area contributed by atoms with Crippen molar-refractivity contribution in [2.75, 3.05) is 0 Å². The van der Waals surface area contributed by atoms with Crippen LogP contribution in [0.2, 0.25) is 0 Å². The highest BCUT2D eigenvalue weighted by atomic mass is 16.1. The van der Waals surface area contributed by atoms with Crippen LogP contribution in [0, 0.1) is 29.1 Å². The summed E-state index contributed by atoms with van der Waals surface area (Å²) in [5.41, 5.74) is 7.82. The van der Waals surface area contributed by atoms with Gasteiger partial charge in [0.1, 0.15) is 0 Å². The van der Waals surface area contributed by atoms with Gasteiger partial charge in [-0.05, 0) is 48.8 Å². The Hall–Kier alpha value is -1.86. The number of benzene rings is 1. The summed E-state index contributed by atoms with van der Waals surface area (Å²) in [6.45, 7) is 0.505. The highest BCUT2D eigenvalue weighted by Gasteiger charge is 2.48. The topological polar surface area (TPSA) is 78.9 Å². The second-order valence-corrected chi connectivity index (χ2v) is 5.96. The molecule has 0 aromatic heterocycles. The Bertz CT molecular complexity index is 544. The molecule has 20 heavy (non-hydrogen) atoms. The second kappa shape index (κ2) is 5.26. The van der Waals surface area contributed by atoms with Crippen LogP contribution < -0.4 is 11.1 Å². The molecule has 3 N–H and O–H groups in total. The first-order valence-corrected chi connectivity index (χ1v) is 7.21. The number of amides is 1. The molecule has 3 rings (SSSR count). The predicted molar refractivity (Wildman–Crippen MR) is 75.3 cm³/mol. The molecular formula is C16H19N3O. The Balaban J connectivity index is 1.58. The number of nitrogens with zero attached hydrogens (tertiary/aromatic N) is 1. The number of nitriles is 1. The summed E-state index contributed by atoms with van der Waals surface area (Å²) in [6.07, 6.45) is 3.45. The summed E-state index contributed by atoms with van der Waals surface area (Å²) < 4.78 is 0. The number of carbonyl (C=O) groups is 1. The molecule has 2 fully saturated rings. The summed E-state index contributed by atoms with van der Waals surface area (Å²) in [7, 11) is 0. The number of rotatable bonds is 3. The molecular weight excluding hydrogens is 250 g/mol. The van der Waals surface area contributed by atoms with E-state index in [1.165, 1.54) is 6.42 Å². The molecule has 0 heterocycles. The molecule has 0 aliphatic heterocycles. The van der Waals surface area contributed by atoms with Crippen molar-refractivity contribution < 1.29 is 4.79 Å². The lowest BCUT2D eigenvalue weighted by Gasteiger charge is -2.27. The van der Waals surface area contributed by atoms with Crippen molar-refractivity contribution in [1.82, 2.24) is 5.32 Å². The molecule has 0 spiro atoms. The van der Waals surface area contributed by atoms with Crippen molar-refractivity contribution in [3.63, 3.8) is 0 Å². The van der Waals surface area contributed by atoms with Gasteiger partial charge in [0.15, 0.2) is 0 Å². The Morgan fingerprint density at radius 1 is 1.30 bits per heavy atom. The van der Waals surface area contributed by atoms with E-state index in [4.69, 9.17) is 11.0 Å². The molecule has 2 bridgehead atoms. The highest BCUT2D eigenvalue weighted by Crippen LogP contribution is 2.47. The number of carbonyl (C=O) groups excluding carboxylic acids is 1. The lowest BCUT2D eigenvalue weighted by atomic mass is 9.84. The fourth-order valence-corrected chi connectivity index (χ4v) is 3.73. The van der Waals surface area contributed by atoms with Crippen LogP contribution in [0.5, 0.6) is 0 Å². The van der Waals surface area contributed by atoms with Crippen molar-refractivity contribution >= 4 is 5.91 Å². The smallest absolute Gasteiger partial charge is 0.225 e. The average molecular weight is 269 g/mol. The zero-order valence-corrected chi connectivity index (χ0v) is 11.4. The van der Waals surface area contributed by atoms with Crippen LogP contribution in [0.25, 0.3) is 0 Å². The van der Waals surface area contributed by atoms with Gasteiger partial charge in [-0.15, -0.1) is 0 Å². The lowest BCUT2D eigenvalue weighted by molar-refractivity contribution is -0.127. The predicted octanol–water partition coefficient (Wildman–Crippen LogP) is 1.55. The standard InChI is InChI=1S/C16H19N3O/c17-8-10-1-3-11(4-2-10)9-19-16(20)14-12-5-6-13(7-12)15(14)18/h1-4,12-15H,5-7,9,18H2,(H,19,20). The molecule has 1 aromatic rings. The fourth-order valence-electron chi connectivity index (χ4n) is 3.73. The van der Waals surface area contributed by atoms with Crippen LogP contribution in [0.3, 0.4) is 0 Å². The van der Waals surface area contributed by atoms with Crippen LogP contribution in [-0.2, 0) is 11.3 Å². The molecule has 2 aliphatic rings. The van der Waals surface area contributed by atoms with Gasteiger partial charge in [-0.2, -0.15) is 5.26 Å². The molecule has 4 nitrogen and oxygen atoms in total. The average Bonchev–Trinajstić information content (AvgIpc) is 3.06. The Kier molecular flexibility index (Phi) is 3.45. The minimum Gasteiger partial charge on any atom is -0.352 e. The minimum absolute atomic E-state index is 0.00729. The zero-order chi connectivity index (χ0) is 14.1. The highest BCUT2D eigenvalue weighted by molar-refractivity contribution is 5.80. The molecule has 1 amide bonds. The largest absolute Gasteiger partial charge is 0.352 e. The number of nitrogens with two attached hydrogens (primary N) is 1. The molecule has 1 aromatic carbocycles. The van der Waals surface area contributed by atoms with Gasteiger partial charge < -0.3 is 11.1 Å². The summed E-state index contributed by atoms with van der Waals surface area (Å²) in [5.74, 6) is 1.11. The van der Waals surface area contributed by atoms with Gasteiger partial charge >= 0.3 is 0 Å². The van der Waals surface area contributed by atoms with Crippen LogP contribution in [-0.4, -0.2) is 11.9 Å². The van der Waals surface area contributed by atoms with Crippen molar-refractivity contribution in [2.24, 2.45) is 23.5 Å². The molecule has 2 aliphatic carbocycles. The van der Waals surface area contributed by atoms with Crippen molar-refractivity contribution in [3.8, 4) is 6.07 Å². The summed E-state index contributed by atoms with van der Waals surface area (Å²) in [4.78, 5) is 12.3. The van der Waals surface area contributed by atoms with E-state index in [2.05, 4.69) is 11.4 Å². The first-order chi connectivity index (χ1) is 9.69. The van der Waals surface area contributed by atoms with Crippen LogP contribution in [0.15, 0.2) is 24.3 Å². The normalized spacial score (nSPS) is 31.0. The van der Waals surface area contributed by atoms with E-state index in [0.717, 1.165) is 18.4 Å². The van der Waals surface area contributed by atoms with Gasteiger partial charge in [0.2, 0.25) is 5.91 Å². The number of hydrogen-bond acceptors (Lipinski definition) is 3. The number of nitrogens with one attached hydrogen (secondary N) is 1. The van der Waals surface area contributed by atoms with Gasteiger partial charge in [0.25, 0.3) is 0 Å². The van der Waals surface area contributed by atoms with Crippen molar-refractivity contribution in [1.29, 1.82) is 5.26 Å². The van der Waals surface area contributed by atoms with E-state index in [-0.39, 0.29) is 17.9 Å². The molecule has 4 heteroatoms. The van der Waals surface area contributed by atoms with Gasteiger partial charge in [-0.3, -0.25) is 4.79 Å². The summed E-state index contributed by atoms with van der Waals surface area (Å²) in [6, 6.07) is 9.41. The van der Waals surface area contributed by atoms with Gasteiger partial charge in [-0.25, -0.2) is 0 Å². The molecule has 4 unspecified atom stereocenters. The van der Waals surface area contributed by atoms with E-state index in [1.807, 2.05) is 12.1 Å². The second-order valence-electron chi connectivity index (χ2n) is 5.96. The molecule has 4 atom stereocenters. The minimum atomic E-state index is -0.00729. The van der Waals surface area contributed by atoms with Crippen LogP contribution in [0.4, 0.5) is 0 Å². The maximum absolute atomic E-state index is 12.3. The first kappa shape index (κ1) is 13.1. The van der Waals surface area contributed by atoms with Crippen molar-refractivity contribution in [3.05, 3.63) is 35.4 Å². The Morgan fingerprint density at radius 3 is 2.60 bits per heavy atom. The Morgan fingerprint density at radius 2 is 2.00 bits per heavy atom. The molecule has 2 saturated carbocycles. The third-order valence-electron chi connectivity index (χ3n) is 4.83. The van der Waals surface area contributed by atoms with Crippen LogP contribution in [0.1, 0.15) is 30.4 Å². The molecule has 0 radical (unpaired) electrons. The maximum Gasteiger partial charge on any atom is 0.225 e. The summed E-state index contributed by atoms with van der Waals surface area (Å²) >= 11 is 0. The van der Waals surface area contributed by atoms with E-state index in [0.29, 0.717) is 23.9 Å². The van der Waals surface area contributed by atoms with E-state index >= 15 is 0 Å². The van der Waals surface area contributed by atoms with E-state index in [9.17, 15) is 4.79 Å². The number of fused-ring (bicyclic) bond motifs is 2. The lowest BCUT2D eigenvalue weighted by Crippen LogP contribution is -2.45. The fraction of sp³-hybridized carbons (Fsp3) is 0.500. The quantitative estimate of drug-likeness (QED) is 0.873. The summed E-state index contributed by atoms with van der Waals surface area (Å²) in [5, 5.41) is 11.7. The first-order valence-electron chi connectivity index (χ1n) is 7.21. The third kappa shape index (κ3) is 2.30. The molecule has 0 saturated heterocycles. The number of hydrogen-bond donors (Lipinski definition) is 2. The van der Waals surface area contributed by atoms with Gasteiger partial charge in [0.05, 0.1) is 17.6 Å². The maximum atomic E-state index is 12.3. The van der Waals surface area contributed by atoms with Crippen molar-refractivity contribution in [2.45, 2.75) is 31.8 Å². The van der Waals surface area contributed by atoms with Gasteiger partial charge in [0, 0.05) is 12.6 Å². The Labute approximate surface area is 119 Å². The van der Waals surface area contributed by atoms with E-state index in [1.54, 1.807) is 12.1 Å². The SMILES string of the molecule is N#Cc1ccc(CNC(=O)C2C3CCC(C3)C2N)cc1. The van der Waals surface area contributed by atoms with Gasteiger partial charge in [-0.1, -0.05) is 12.1 Å². The zero-order valence-electron chi connectivity index (χ0n) is 11.4. The third-order valence-corrected chi connectivity index (χ3v) is 4.83.